The van der Waals surface area contributed by atoms with Crippen LogP contribution in [0.2, 0.25) is 0 Å². The van der Waals surface area contributed by atoms with Gasteiger partial charge in [-0.2, -0.15) is 0 Å². The zero-order chi connectivity index (χ0) is 9.80. The van der Waals surface area contributed by atoms with Gasteiger partial charge >= 0.3 is 0 Å². The Hall–Kier alpha value is -1.29. The summed E-state index contributed by atoms with van der Waals surface area (Å²) in [6, 6.07) is 3.56. The normalized spacial score (nSPS) is 21.0. The van der Waals surface area contributed by atoms with Crippen LogP contribution in [0.5, 0.6) is 0 Å². The number of rotatable bonds is 3. The van der Waals surface area contributed by atoms with Crippen LogP contribution in [0.15, 0.2) is 18.3 Å². The van der Waals surface area contributed by atoms with Gasteiger partial charge in [-0.05, 0) is 25.0 Å². The molecule has 0 spiro atoms. The van der Waals surface area contributed by atoms with Gasteiger partial charge in [0.05, 0.1) is 6.10 Å². The van der Waals surface area contributed by atoms with Crippen molar-refractivity contribution in [1.82, 2.24) is 10.3 Å². The van der Waals surface area contributed by atoms with Crippen LogP contribution in [0.1, 0.15) is 23.3 Å². The third kappa shape index (κ3) is 2.14. The number of ether oxygens (including phenoxy) is 1. The maximum Gasteiger partial charge on any atom is 0.267 e. The maximum atomic E-state index is 11.5. The highest BCUT2D eigenvalue weighted by Gasteiger charge is 2.16. The summed E-state index contributed by atoms with van der Waals surface area (Å²) in [7, 11) is 0. The third-order valence-corrected chi connectivity index (χ3v) is 2.36. The monoisotopic (exact) mass is 194 g/mol. The van der Waals surface area contributed by atoms with Crippen LogP contribution in [0, 0.1) is 0 Å². The molecule has 4 nitrogen and oxygen atoms in total. The molecule has 14 heavy (non-hydrogen) atoms. The summed E-state index contributed by atoms with van der Waals surface area (Å²) in [6.07, 6.45) is 4.09. The van der Waals surface area contributed by atoms with Crippen LogP contribution in [0.25, 0.3) is 0 Å². The molecule has 0 aromatic carbocycles. The van der Waals surface area contributed by atoms with Crippen molar-refractivity contribution >= 4 is 5.91 Å². The van der Waals surface area contributed by atoms with E-state index in [9.17, 15) is 4.79 Å². The Labute approximate surface area is 82.6 Å². The lowest BCUT2D eigenvalue weighted by molar-refractivity contribution is 0.0854. The summed E-state index contributed by atoms with van der Waals surface area (Å²) >= 11 is 0. The number of nitrogens with one attached hydrogen (secondary N) is 2. The van der Waals surface area contributed by atoms with Crippen molar-refractivity contribution in [3.05, 3.63) is 24.0 Å². The lowest BCUT2D eigenvalue weighted by Gasteiger charge is -2.09. The van der Waals surface area contributed by atoms with Gasteiger partial charge in [-0.15, -0.1) is 0 Å². The van der Waals surface area contributed by atoms with Gasteiger partial charge in [0.25, 0.3) is 5.91 Å². The summed E-state index contributed by atoms with van der Waals surface area (Å²) < 4.78 is 5.40. The molecule has 0 radical (unpaired) electrons. The Balaban J connectivity index is 1.78. The first-order valence-corrected chi connectivity index (χ1v) is 4.89. The van der Waals surface area contributed by atoms with E-state index < -0.39 is 0 Å². The SMILES string of the molecule is O=C(NC[C@H]1CCCO1)c1ccc[nH]1. The highest BCUT2D eigenvalue weighted by molar-refractivity contribution is 5.92. The molecule has 2 rings (SSSR count). The minimum atomic E-state index is -0.0644. The summed E-state index contributed by atoms with van der Waals surface area (Å²) in [5, 5.41) is 2.83. The zero-order valence-corrected chi connectivity index (χ0v) is 7.95. The summed E-state index contributed by atoms with van der Waals surface area (Å²) in [6.45, 7) is 1.43. The van der Waals surface area contributed by atoms with Crippen molar-refractivity contribution in [2.45, 2.75) is 18.9 Å². The number of aromatic nitrogens is 1. The predicted octanol–water partition coefficient (Wildman–Crippen LogP) is 0.923. The minimum Gasteiger partial charge on any atom is -0.376 e. The van der Waals surface area contributed by atoms with Gasteiger partial charge in [0.1, 0.15) is 5.69 Å². The van der Waals surface area contributed by atoms with E-state index >= 15 is 0 Å². The van der Waals surface area contributed by atoms with Crippen molar-refractivity contribution in [2.24, 2.45) is 0 Å². The Morgan fingerprint density at radius 3 is 3.29 bits per heavy atom. The van der Waals surface area contributed by atoms with Crippen LogP contribution in [-0.4, -0.2) is 30.1 Å². The molecular weight excluding hydrogens is 180 g/mol. The first-order chi connectivity index (χ1) is 6.86. The lowest BCUT2D eigenvalue weighted by atomic mass is 10.2. The highest BCUT2D eigenvalue weighted by Crippen LogP contribution is 2.10. The van der Waals surface area contributed by atoms with Crippen molar-refractivity contribution in [2.75, 3.05) is 13.2 Å². The second-order valence-corrected chi connectivity index (χ2v) is 3.43. The average Bonchev–Trinajstić information content (AvgIpc) is 2.87. The van der Waals surface area contributed by atoms with Crippen molar-refractivity contribution in [3.63, 3.8) is 0 Å². The fourth-order valence-electron chi connectivity index (χ4n) is 1.58. The van der Waals surface area contributed by atoms with E-state index in [4.69, 9.17) is 4.74 Å². The molecule has 1 aromatic rings. The number of hydrogen-bond donors (Lipinski definition) is 2. The molecule has 1 aliphatic rings. The molecule has 1 aromatic heterocycles. The highest BCUT2D eigenvalue weighted by atomic mass is 16.5. The predicted molar refractivity (Wildman–Crippen MR) is 52.1 cm³/mol. The Morgan fingerprint density at radius 2 is 2.64 bits per heavy atom. The fraction of sp³-hybridized carbons (Fsp3) is 0.500. The Morgan fingerprint density at radius 1 is 1.71 bits per heavy atom. The van der Waals surface area contributed by atoms with E-state index in [2.05, 4.69) is 10.3 Å². The van der Waals surface area contributed by atoms with E-state index in [1.807, 2.05) is 0 Å². The molecule has 1 aliphatic heterocycles. The van der Waals surface area contributed by atoms with Crippen LogP contribution in [0.3, 0.4) is 0 Å². The Kier molecular flexibility index (Phi) is 2.84. The summed E-state index contributed by atoms with van der Waals surface area (Å²) in [4.78, 5) is 14.3. The van der Waals surface area contributed by atoms with E-state index in [0.29, 0.717) is 12.2 Å². The number of carbonyl (C=O) groups is 1. The second kappa shape index (κ2) is 4.28. The van der Waals surface area contributed by atoms with Gasteiger partial charge < -0.3 is 15.0 Å². The fourth-order valence-corrected chi connectivity index (χ4v) is 1.58. The van der Waals surface area contributed by atoms with E-state index in [0.717, 1.165) is 19.4 Å². The smallest absolute Gasteiger partial charge is 0.267 e. The standard InChI is InChI=1S/C10H14N2O2/c13-10(9-4-1-5-11-9)12-7-8-3-2-6-14-8/h1,4-5,8,11H,2-3,6-7H2,(H,12,13)/t8-/m1/s1. The molecule has 1 fully saturated rings. The molecule has 0 aliphatic carbocycles. The van der Waals surface area contributed by atoms with Gasteiger partial charge in [0.2, 0.25) is 0 Å². The molecule has 1 atom stereocenters. The van der Waals surface area contributed by atoms with Gasteiger partial charge in [-0.3, -0.25) is 4.79 Å². The van der Waals surface area contributed by atoms with Crippen molar-refractivity contribution in [3.8, 4) is 0 Å². The molecule has 1 saturated heterocycles. The summed E-state index contributed by atoms with van der Waals surface area (Å²) in [5.41, 5.74) is 0.600. The molecule has 76 valence electrons. The number of H-pyrrole nitrogens is 1. The van der Waals surface area contributed by atoms with E-state index in [1.54, 1.807) is 18.3 Å². The van der Waals surface area contributed by atoms with Crippen LogP contribution >= 0.6 is 0 Å². The van der Waals surface area contributed by atoms with E-state index in [1.165, 1.54) is 0 Å². The quantitative estimate of drug-likeness (QED) is 0.751. The van der Waals surface area contributed by atoms with Crippen LogP contribution in [0.4, 0.5) is 0 Å². The number of amides is 1. The molecule has 0 saturated carbocycles. The second-order valence-electron chi connectivity index (χ2n) is 3.43. The van der Waals surface area contributed by atoms with Crippen molar-refractivity contribution in [1.29, 1.82) is 0 Å². The molecule has 0 unspecified atom stereocenters. The summed E-state index contributed by atoms with van der Waals surface area (Å²) in [5.74, 6) is -0.0644. The number of carbonyl (C=O) groups excluding carboxylic acids is 1. The lowest BCUT2D eigenvalue weighted by Crippen LogP contribution is -2.31. The first-order valence-electron chi connectivity index (χ1n) is 4.89. The molecule has 0 bridgehead atoms. The van der Waals surface area contributed by atoms with Gasteiger partial charge in [0, 0.05) is 19.3 Å². The minimum absolute atomic E-state index is 0.0644. The van der Waals surface area contributed by atoms with Crippen LogP contribution in [-0.2, 0) is 4.74 Å². The zero-order valence-electron chi connectivity index (χ0n) is 7.95. The molecule has 2 N–H and O–H groups in total. The van der Waals surface area contributed by atoms with Gasteiger partial charge in [0.15, 0.2) is 0 Å². The average molecular weight is 194 g/mol. The number of hydrogen-bond acceptors (Lipinski definition) is 2. The Bertz CT molecular complexity index is 289. The largest absolute Gasteiger partial charge is 0.376 e. The number of aromatic amines is 1. The molecule has 1 amide bonds. The third-order valence-electron chi connectivity index (χ3n) is 2.36. The topological polar surface area (TPSA) is 54.1 Å². The molecule has 4 heteroatoms. The van der Waals surface area contributed by atoms with E-state index in [-0.39, 0.29) is 12.0 Å². The molecule has 2 heterocycles. The van der Waals surface area contributed by atoms with Gasteiger partial charge in [-0.1, -0.05) is 0 Å². The van der Waals surface area contributed by atoms with Crippen molar-refractivity contribution < 1.29 is 9.53 Å². The maximum absolute atomic E-state index is 11.5. The first kappa shape index (κ1) is 9.27. The molecular formula is C10H14N2O2. The van der Waals surface area contributed by atoms with Crippen LogP contribution < -0.4 is 5.32 Å². The van der Waals surface area contributed by atoms with Gasteiger partial charge in [-0.25, -0.2) is 0 Å².